The van der Waals surface area contributed by atoms with E-state index in [9.17, 15) is 18.0 Å². The third kappa shape index (κ3) is 4.95. The monoisotopic (exact) mass is 417 g/mol. The second-order valence-corrected chi connectivity index (χ2v) is 6.76. The van der Waals surface area contributed by atoms with Crippen molar-refractivity contribution in [1.29, 1.82) is 0 Å². The van der Waals surface area contributed by atoms with Crippen LogP contribution < -0.4 is 10.1 Å². The van der Waals surface area contributed by atoms with Crippen molar-refractivity contribution < 1.29 is 27.1 Å². The van der Waals surface area contributed by atoms with Crippen LogP contribution in [0.4, 0.5) is 18.3 Å². The summed E-state index contributed by atoms with van der Waals surface area (Å²) in [7, 11) is 1.53. The van der Waals surface area contributed by atoms with Crippen LogP contribution in [0.1, 0.15) is 5.01 Å². The van der Waals surface area contributed by atoms with Gasteiger partial charge in [-0.3, -0.25) is 10.1 Å². The van der Waals surface area contributed by atoms with E-state index in [-0.39, 0.29) is 33.3 Å². The number of benzene rings is 1. The molecule has 0 fully saturated rings. The van der Waals surface area contributed by atoms with Crippen molar-refractivity contribution in [3.8, 4) is 17.2 Å². The SMILES string of the molecule is COc1cccc(-c2nnc(SCC(=O)Nc3nnc(C(F)(F)F)s3)o2)c1. The maximum absolute atomic E-state index is 12.5. The molecule has 1 aromatic carbocycles. The van der Waals surface area contributed by atoms with E-state index in [2.05, 4.69) is 25.7 Å². The summed E-state index contributed by atoms with van der Waals surface area (Å²) in [6, 6.07) is 6.99. The van der Waals surface area contributed by atoms with E-state index in [1.165, 1.54) is 7.11 Å². The molecule has 3 rings (SSSR count). The van der Waals surface area contributed by atoms with Crippen LogP contribution in [0.2, 0.25) is 0 Å². The highest BCUT2D eigenvalue weighted by atomic mass is 32.2. The molecule has 0 aliphatic heterocycles. The van der Waals surface area contributed by atoms with Gasteiger partial charge in [-0.25, -0.2) is 0 Å². The van der Waals surface area contributed by atoms with Gasteiger partial charge in [0.25, 0.3) is 5.22 Å². The Balaban J connectivity index is 1.56. The number of thioether (sulfide) groups is 1. The molecule has 0 aliphatic rings. The molecule has 0 unspecified atom stereocenters. The van der Waals surface area contributed by atoms with Gasteiger partial charge in [-0.05, 0) is 18.2 Å². The summed E-state index contributed by atoms with van der Waals surface area (Å²) in [6.07, 6.45) is -4.60. The quantitative estimate of drug-likeness (QED) is 0.609. The van der Waals surface area contributed by atoms with Gasteiger partial charge in [0, 0.05) is 5.56 Å². The molecule has 0 saturated heterocycles. The van der Waals surface area contributed by atoms with E-state index in [4.69, 9.17) is 9.15 Å². The molecule has 2 heterocycles. The van der Waals surface area contributed by atoms with E-state index >= 15 is 0 Å². The highest BCUT2D eigenvalue weighted by Crippen LogP contribution is 2.33. The molecule has 0 bridgehead atoms. The Morgan fingerprint density at radius 3 is 2.81 bits per heavy atom. The zero-order valence-electron chi connectivity index (χ0n) is 13.5. The Labute approximate surface area is 158 Å². The topological polar surface area (TPSA) is 103 Å². The third-order valence-electron chi connectivity index (χ3n) is 2.96. The van der Waals surface area contributed by atoms with Crippen molar-refractivity contribution in [2.24, 2.45) is 0 Å². The minimum atomic E-state index is -4.60. The molecule has 1 N–H and O–H groups in total. The number of hydrogen-bond donors (Lipinski definition) is 1. The van der Waals surface area contributed by atoms with Crippen molar-refractivity contribution >= 4 is 34.1 Å². The molecular formula is C14H10F3N5O3S2. The molecule has 0 aliphatic carbocycles. The Morgan fingerprint density at radius 2 is 2.11 bits per heavy atom. The average Bonchev–Trinajstić information content (AvgIpc) is 3.29. The lowest BCUT2D eigenvalue weighted by molar-refractivity contribution is -0.138. The summed E-state index contributed by atoms with van der Waals surface area (Å²) in [5.41, 5.74) is 0.645. The number of carbonyl (C=O) groups is 1. The first kappa shape index (κ1) is 19.1. The molecule has 0 atom stereocenters. The summed E-state index contributed by atoms with van der Waals surface area (Å²) >= 11 is 1.18. The fourth-order valence-corrected chi connectivity index (χ4v) is 3.00. The van der Waals surface area contributed by atoms with Crippen LogP contribution in [-0.4, -0.2) is 39.2 Å². The summed E-state index contributed by atoms with van der Waals surface area (Å²) in [5.74, 6) is 0.136. The van der Waals surface area contributed by atoms with Crippen LogP contribution in [0.5, 0.6) is 5.75 Å². The number of nitrogens with one attached hydrogen (secondary N) is 1. The second kappa shape index (κ2) is 7.92. The number of nitrogens with zero attached hydrogens (tertiary/aromatic N) is 4. The van der Waals surface area contributed by atoms with Crippen LogP contribution in [0, 0.1) is 0 Å². The molecular weight excluding hydrogens is 407 g/mol. The standard InChI is InChI=1S/C14H10F3N5O3S2/c1-24-8-4-2-3-7(5-8)10-19-22-13(25-10)26-6-9(23)18-12-21-20-11(27-12)14(15,16)17/h2-5H,6H2,1H3,(H,18,21,23). The summed E-state index contributed by atoms with van der Waals surface area (Å²) in [5, 5.41) is 15.0. The van der Waals surface area contributed by atoms with Crippen LogP contribution in [0.3, 0.4) is 0 Å². The van der Waals surface area contributed by atoms with E-state index in [1.807, 2.05) is 0 Å². The Kier molecular flexibility index (Phi) is 5.60. The number of carbonyl (C=O) groups excluding carboxylic acids is 1. The lowest BCUT2D eigenvalue weighted by Crippen LogP contribution is -2.13. The molecule has 0 saturated carbocycles. The summed E-state index contributed by atoms with van der Waals surface area (Å²) in [6.45, 7) is 0. The van der Waals surface area contributed by atoms with Gasteiger partial charge in [-0.2, -0.15) is 13.2 Å². The summed E-state index contributed by atoms with van der Waals surface area (Å²) in [4.78, 5) is 11.8. The number of rotatable bonds is 6. The molecule has 142 valence electrons. The highest BCUT2D eigenvalue weighted by Gasteiger charge is 2.35. The molecule has 13 heteroatoms. The van der Waals surface area contributed by atoms with Crippen LogP contribution >= 0.6 is 23.1 Å². The van der Waals surface area contributed by atoms with E-state index in [1.54, 1.807) is 24.3 Å². The molecule has 27 heavy (non-hydrogen) atoms. The zero-order chi connectivity index (χ0) is 19.4. The van der Waals surface area contributed by atoms with Crippen molar-refractivity contribution in [3.05, 3.63) is 29.3 Å². The average molecular weight is 417 g/mol. The minimum absolute atomic E-state index is 0.135. The van der Waals surface area contributed by atoms with Crippen molar-refractivity contribution in [1.82, 2.24) is 20.4 Å². The predicted molar refractivity (Wildman–Crippen MR) is 90.6 cm³/mol. The van der Waals surface area contributed by atoms with Gasteiger partial charge in [0.05, 0.1) is 12.9 Å². The van der Waals surface area contributed by atoms with E-state index < -0.39 is 17.1 Å². The first-order valence-electron chi connectivity index (χ1n) is 7.16. The fourth-order valence-electron chi connectivity index (χ4n) is 1.81. The summed E-state index contributed by atoms with van der Waals surface area (Å²) < 4.78 is 47.9. The maximum Gasteiger partial charge on any atom is 0.445 e. The predicted octanol–water partition coefficient (Wildman–Crippen LogP) is 3.35. The largest absolute Gasteiger partial charge is 0.497 e. The zero-order valence-corrected chi connectivity index (χ0v) is 15.1. The number of alkyl halides is 3. The van der Waals surface area contributed by atoms with Gasteiger partial charge in [-0.1, -0.05) is 29.2 Å². The lowest BCUT2D eigenvalue weighted by atomic mass is 10.2. The maximum atomic E-state index is 12.5. The number of ether oxygens (including phenoxy) is 1. The third-order valence-corrected chi connectivity index (χ3v) is 4.67. The molecule has 0 spiro atoms. The highest BCUT2D eigenvalue weighted by molar-refractivity contribution is 7.99. The smallest absolute Gasteiger partial charge is 0.445 e. The fraction of sp³-hybridized carbons (Fsp3) is 0.214. The van der Waals surface area contributed by atoms with Gasteiger partial charge in [0.1, 0.15) is 5.75 Å². The van der Waals surface area contributed by atoms with Crippen LogP contribution in [0.15, 0.2) is 33.9 Å². The minimum Gasteiger partial charge on any atom is -0.497 e. The Hall–Kier alpha value is -2.67. The van der Waals surface area contributed by atoms with Crippen molar-refractivity contribution in [2.45, 2.75) is 11.4 Å². The van der Waals surface area contributed by atoms with Crippen LogP contribution in [-0.2, 0) is 11.0 Å². The van der Waals surface area contributed by atoms with Crippen molar-refractivity contribution in [3.63, 3.8) is 0 Å². The number of aromatic nitrogens is 4. The van der Waals surface area contributed by atoms with Gasteiger partial charge in [-0.15, -0.1) is 20.4 Å². The van der Waals surface area contributed by atoms with Gasteiger partial charge >= 0.3 is 6.18 Å². The number of hydrogen-bond acceptors (Lipinski definition) is 9. The molecule has 0 radical (unpaired) electrons. The molecule has 2 aromatic heterocycles. The van der Waals surface area contributed by atoms with E-state index in [0.717, 1.165) is 11.8 Å². The van der Waals surface area contributed by atoms with E-state index in [0.29, 0.717) is 11.3 Å². The molecule has 3 aromatic rings. The van der Waals surface area contributed by atoms with Gasteiger partial charge in [0.15, 0.2) is 0 Å². The van der Waals surface area contributed by atoms with Gasteiger partial charge < -0.3 is 9.15 Å². The lowest BCUT2D eigenvalue weighted by Gasteiger charge is -2.00. The second-order valence-electron chi connectivity index (χ2n) is 4.85. The van der Waals surface area contributed by atoms with Crippen molar-refractivity contribution in [2.75, 3.05) is 18.2 Å². The normalized spacial score (nSPS) is 11.4. The number of halogens is 3. The number of methoxy groups -OCH3 is 1. The first-order chi connectivity index (χ1) is 12.8. The number of amides is 1. The first-order valence-corrected chi connectivity index (χ1v) is 8.96. The Morgan fingerprint density at radius 1 is 1.30 bits per heavy atom. The van der Waals surface area contributed by atoms with Crippen LogP contribution in [0.25, 0.3) is 11.5 Å². The molecule has 1 amide bonds. The van der Waals surface area contributed by atoms with Gasteiger partial charge in [0.2, 0.25) is 21.9 Å². The number of anilines is 1. The molecule has 8 nitrogen and oxygen atoms in total. The Bertz CT molecular complexity index is 944.